The van der Waals surface area contributed by atoms with E-state index in [4.69, 9.17) is 9.72 Å². The summed E-state index contributed by atoms with van der Waals surface area (Å²) in [7, 11) is -3.44. The third kappa shape index (κ3) is 4.21. The molecule has 2 aliphatic heterocycles. The lowest BCUT2D eigenvalue weighted by molar-refractivity contribution is -0.929. The van der Waals surface area contributed by atoms with Crippen molar-refractivity contribution in [2.75, 3.05) is 26.2 Å². The van der Waals surface area contributed by atoms with Crippen LogP contribution >= 0.6 is 0 Å². The molecule has 0 saturated carbocycles. The van der Waals surface area contributed by atoms with E-state index in [1.165, 1.54) is 4.90 Å². The molecule has 0 aliphatic carbocycles. The molecule has 1 aromatic carbocycles. The highest BCUT2D eigenvalue weighted by atomic mass is 32.2. The number of quaternary nitrogens is 1. The second-order valence-electron chi connectivity index (χ2n) is 8.48. The molecule has 7 nitrogen and oxygen atoms in total. The van der Waals surface area contributed by atoms with Crippen molar-refractivity contribution in [3.8, 4) is 0 Å². The number of sulfonamides is 1. The monoisotopic (exact) mass is 421 g/mol. The number of piperidine rings is 1. The van der Waals surface area contributed by atoms with Gasteiger partial charge < -0.3 is 14.2 Å². The summed E-state index contributed by atoms with van der Waals surface area (Å²) in [4.78, 5) is 6.69. The molecule has 0 spiro atoms. The van der Waals surface area contributed by atoms with E-state index < -0.39 is 10.0 Å². The molecule has 29 heavy (non-hydrogen) atoms. The van der Waals surface area contributed by atoms with Crippen LogP contribution in [0.1, 0.15) is 45.9 Å². The molecule has 160 valence electrons. The Kier molecular flexibility index (Phi) is 5.97. The molecule has 0 amide bonds. The van der Waals surface area contributed by atoms with Crippen molar-refractivity contribution >= 4 is 21.1 Å². The van der Waals surface area contributed by atoms with E-state index in [9.17, 15) is 8.42 Å². The number of rotatable bonds is 5. The number of ether oxygens (including phenoxy) is 1. The Bertz CT molecular complexity index is 956. The smallest absolute Gasteiger partial charge is 0.243 e. The second kappa shape index (κ2) is 8.34. The first kappa shape index (κ1) is 20.8. The Balaban J connectivity index is 1.64. The standard InChI is InChI=1S/C21H32N4O3S/c1-4-25-20-9-8-18(29(26,27)24-10-6-5-7-11-24)12-19(20)22-21(25)15-23-13-16(2)28-17(3)14-23/h8-9,12,16-17H,4-7,10-11,13-15H2,1-3H3/p+1/t16-,17+. The van der Waals surface area contributed by atoms with E-state index in [0.717, 1.165) is 62.3 Å². The second-order valence-corrected chi connectivity index (χ2v) is 10.4. The molecular weight excluding hydrogens is 388 g/mol. The number of hydrogen-bond donors (Lipinski definition) is 1. The normalized spacial score (nSPS) is 26.8. The average molecular weight is 422 g/mol. The number of fused-ring (bicyclic) bond motifs is 1. The van der Waals surface area contributed by atoms with Crippen molar-refractivity contribution in [3.05, 3.63) is 24.0 Å². The summed E-state index contributed by atoms with van der Waals surface area (Å²) in [5.41, 5.74) is 1.78. The number of nitrogens with one attached hydrogen (secondary N) is 1. The van der Waals surface area contributed by atoms with Crippen LogP contribution in [0.3, 0.4) is 0 Å². The van der Waals surface area contributed by atoms with Gasteiger partial charge in [0, 0.05) is 19.6 Å². The van der Waals surface area contributed by atoms with Gasteiger partial charge in [0.25, 0.3) is 0 Å². The van der Waals surface area contributed by atoms with Gasteiger partial charge >= 0.3 is 0 Å². The molecule has 2 aromatic rings. The Morgan fingerprint density at radius 3 is 2.48 bits per heavy atom. The zero-order valence-electron chi connectivity index (χ0n) is 17.7. The van der Waals surface area contributed by atoms with E-state index in [-0.39, 0.29) is 12.2 Å². The van der Waals surface area contributed by atoms with E-state index in [2.05, 4.69) is 25.3 Å². The van der Waals surface area contributed by atoms with Crippen molar-refractivity contribution in [2.45, 2.75) is 70.2 Å². The fourth-order valence-electron chi connectivity index (χ4n) is 4.82. The van der Waals surface area contributed by atoms with Crippen LogP contribution in [0.15, 0.2) is 23.1 Å². The number of hydrogen-bond acceptors (Lipinski definition) is 4. The first-order valence-corrected chi connectivity index (χ1v) is 12.3. The largest absolute Gasteiger partial charge is 0.364 e. The molecule has 2 saturated heterocycles. The van der Waals surface area contributed by atoms with E-state index >= 15 is 0 Å². The molecule has 0 bridgehead atoms. The van der Waals surface area contributed by atoms with Crippen molar-refractivity contribution in [3.63, 3.8) is 0 Å². The maximum absolute atomic E-state index is 13.1. The minimum absolute atomic E-state index is 0.245. The summed E-state index contributed by atoms with van der Waals surface area (Å²) < 4.78 is 35.8. The van der Waals surface area contributed by atoms with E-state index in [1.54, 1.807) is 16.4 Å². The Labute approximate surface area is 173 Å². The van der Waals surface area contributed by atoms with Gasteiger partial charge in [-0.05, 0) is 51.8 Å². The molecule has 8 heteroatoms. The summed E-state index contributed by atoms with van der Waals surface area (Å²) >= 11 is 0. The average Bonchev–Trinajstić information content (AvgIpc) is 3.03. The SMILES string of the molecule is CCn1c(C[NH+]2C[C@@H](C)O[C@@H](C)C2)nc2cc(S(=O)(=O)N3CCCCC3)ccc21. The fraction of sp³-hybridized carbons (Fsp3) is 0.667. The van der Waals surface area contributed by atoms with Crippen LogP contribution in [0, 0.1) is 0 Å². The zero-order chi connectivity index (χ0) is 20.6. The number of benzene rings is 1. The van der Waals surface area contributed by atoms with Crippen molar-refractivity contribution < 1.29 is 18.1 Å². The number of morpholine rings is 1. The lowest BCUT2D eigenvalue weighted by Gasteiger charge is -2.32. The molecule has 2 fully saturated rings. The van der Waals surface area contributed by atoms with Crippen molar-refractivity contribution in [1.29, 1.82) is 0 Å². The number of aryl methyl sites for hydroxylation is 1. The Hall–Kier alpha value is -1.48. The van der Waals surface area contributed by atoms with Gasteiger partial charge in [0.1, 0.15) is 31.8 Å². The molecule has 0 radical (unpaired) electrons. The topological polar surface area (TPSA) is 68.9 Å². The highest BCUT2D eigenvalue weighted by molar-refractivity contribution is 7.89. The molecular formula is C21H33N4O3S+. The predicted octanol–water partition coefficient (Wildman–Crippen LogP) is 1.42. The Morgan fingerprint density at radius 1 is 1.14 bits per heavy atom. The molecule has 1 aromatic heterocycles. The molecule has 2 aliphatic rings. The fourth-order valence-corrected chi connectivity index (χ4v) is 6.36. The van der Waals surface area contributed by atoms with Gasteiger partial charge in [0.05, 0.1) is 15.9 Å². The van der Waals surface area contributed by atoms with Crippen LogP contribution in [0.4, 0.5) is 0 Å². The zero-order valence-corrected chi connectivity index (χ0v) is 18.5. The van der Waals surface area contributed by atoms with E-state index in [0.29, 0.717) is 18.0 Å². The highest BCUT2D eigenvalue weighted by Gasteiger charge is 2.29. The molecule has 3 atom stereocenters. The Morgan fingerprint density at radius 2 is 1.83 bits per heavy atom. The van der Waals surface area contributed by atoms with Gasteiger partial charge in [-0.3, -0.25) is 0 Å². The van der Waals surface area contributed by atoms with Gasteiger partial charge in [-0.1, -0.05) is 6.42 Å². The van der Waals surface area contributed by atoms with Crippen LogP contribution in [0.5, 0.6) is 0 Å². The minimum Gasteiger partial charge on any atom is -0.364 e. The number of imidazole rings is 1. The lowest BCUT2D eigenvalue weighted by atomic mass is 10.2. The molecule has 3 heterocycles. The third-order valence-corrected chi connectivity index (χ3v) is 7.99. The summed E-state index contributed by atoms with van der Waals surface area (Å²) in [6.45, 7) is 11.2. The predicted molar refractivity (Wildman–Crippen MR) is 112 cm³/mol. The first-order chi connectivity index (χ1) is 13.9. The van der Waals surface area contributed by atoms with E-state index in [1.807, 2.05) is 6.07 Å². The lowest BCUT2D eigenvalue weighted by Crippen LogP contribution is -3.14. The third-order valence-electron chi connectivity index (χ3n) is 6.09. The minimum atomic E-state index is -3.44. The maximum Gasteiger partial charge on any atom is 0.243 e. The van der Waals surface area contributed by atoms with Crippen LogP contribution in [-0.2, 0) is 27.8 Å². The summed E-state index contributed by atoms with van der Waals surface area (Å²) in [5, 5.41) is 0. The first-order valence-electron chi connectivity index (χ1n) is 10.9. The summed E-state index contributed by atoms with van der Waals surface area (Å²) in [6, 6.07) is 5.43. The van der Waals surface area contributed by atoms with Crippen LogP contribution in [0.2, 0.25) is 0 Å². The van der Waals surface area contributed by atoms with Gasteiger partial charge in [-0.15, -0.1) is 0 Å². The molecule has 1 unspecified atom stereocenters. The van der Waals surface area contributed by atoms with Crippen molar-refractivity contribution in [1.82, 2.24) is 13.9 Å². The van der Waals surface area contributed by atoms with Crippen LogP contribution in [-0.4, -0.2) is 60.7 Å². The summed E-state index contributed by atoms with van der Waals surface area (Å²) in [6.07, 6.45) is 3.48. The van der Waals surface area contributed by atoms with Crippen LogP contribution in [0.25, 0.3) is 11.0 Å². The van der Waals surface area contributed by atoms with Gasteiger partial charge in [0.15, 0.2) is 5.82 Å². The quantitative estimate of drug-likeness (QED) is 0.793. The van der Waals surface area contributed by atoms with Crippen LogP contribution < -0.4 is 4.90 Å². The van der Waals surface area contributed by atoms with Crippen molar-refractivity contribution in [2.24, 2.45) is 0 Å². The highest BCUT2D eigenvalue weighted by Crippen LogP contribution is 2.25. The summed E-state index contributed by atoms with van der Waals surface area (Å²) in [5.74, 6) is 1.02. The maximum atomic E-state index is 13.1. The molecule has 1 N–H and O–H groups in total. The van der Waals surface area contributed by atoms with Gasteiger partial charge in [-0.2, -0.15) is 4.31 Å². The molecule has 4 rings (SSSR count). The van der Waals surface area contributed by atoms with Gasteiger partial charge in [0.2, 0.25) is 10.0 Å². The number of nitrogens with zero attached hydrogens (tertiary/aromatic N) is 3. The van der Waals surface area contributed by atoms with Gasteiger partial charge in [-0.25, -0.2) is 13.4 Å². The number of aromatic nitrogens is 2.